The van der Waals surface area contributed by atoms with E-state index >= 15 is 0 Å². The number of anilines is 1. The van der Waals surface area contributed by atoms with Crippen LogP contribution in [0.5, 0.6) is 11.5 Å². The minimum atomic E-state index is -3.40. The van der Waals surface area contributed by atoms with Gasteiger partial charge in [-0.3, -0.25) is 0 Å². The Morgan fingerprint density at radius 2 is 2.00 bits per heavy atom. The molecule has 4 rings (SSSR count). The zero-order valence-corrected chi connectivity index (χ0v) is 19.0. The number of rotatable bonds is 6. The van der Waals surface area contributed by atoms with Gasteiger partial charge in [0.05, 0.1) is 5.75 Å². The van der Waals surface area contributed by atoms with Crippen molar-refractivity contribution in [2.45, 2.75) is 16.6 Å². The number of fused-ring (bicyclic) bond motifs is 2. The summed E-state index contributed by atoms with van der Waals surface area (Å²) in [6.45, 7) is 1.17. The summed E-state index contributed by atoms with van der Waals surface area (Å²) in [5, 5.41) is 0.563. The number of nitrogens with zero attached hydrogens (tertiary/aromatic N) is 4. The maximum Gasteiger partial charge on any atom is 0.213 e. The highest BCUT2D eigenvalue weighted by Crippen LogP contribution is 2.40. The number of nitrogen functional groups attached to an aromatic ring is 1. The Kier molecular flexibility index (Phi) is 5.72. The molecule has 1 aliphatic heterocycles. The van der Waals surface area contributed by atoms with Crippen LogP contribution in [0.4, 0.5) is 5.82 Å². The molecule has 10 nitrogen and oxygen atoms in total. The summed E-state index contributed by atoms with van der Waals surface area (Å²) in [6.07, 6.45) is 1.34. The van der Waals surface area contributed by atoms with Crippen molar-refractivity contribution >= 4 is 61.4 Å². The molecule has 1 aliphatic rings. The molecule has 0 fully saturated rings. The number of sulfonamides is 1. The summed E-state index contributed by atoms with van der Waals surface area (Å²) >= 11 is 3.59. The van der Waals surface area contributed by atoms with E-state index in [-0.39, 0.29) is 18.1 Å². The maximum absolute atomic E-state index is 11.9. The van der Waals surface area contributed by atoms with Gasteiger partial charge in [-0.2, -0.15) is 0 Å². The van der Waals surface area contributed by atoms with E-state index in [1.807, 2.05) is 12.1 Å². The summed E-state index contributed by atoms with van der Waals surface area (Å²) < 4.78 is 40.2. The van der Waals surface area contributed by atoms with E-state index in [4.69, 9.17) is 15.2 Å². The number of ether oxygens (including phenoxy) is 2. The van der Waals surface area contributed by atoms with Crippen molar-refractivity contribution in [2.24, 2.45) is 0 Å². The summed E-state index contributed by atoms with van der Waals surface area (Å²) in [7, 11) is -2.02. The Morgan fingerprint density at radius 1 is 1.28 bits per heavy atom. The highest BCUT2D eigenvalue weighted by atomic mass is 127. The molecule has 0 spiro atoms. The molecule has 0 saturated heterocycles. The lowest BCUT2D eigenvalue weighted by Crippen LogP contribution is -2.25. The predicted molar refractivity (Wildman–Crippen MR) is 117 cm³/mol. The molecule has 0 aliphatic carbocycles. The van der Waals surface area contributed by atoms with Crippen molar-refractivity contribution in [2.75, 3.05) is 31.7 Å². The van der Waals surface area contributed by atoms with Crippen LogP contribution in [0.1, 0.15) is 0 Å². The van der Waals surface area contributed by atoms with Crippen LogP contribution in [-0.4, -0.2) is 54.0 Å². The molecule has 0 atom stereocenters. The maximum atomic E-state index is 11.9. The molecule has 0 unspecified atom stereocenters. The van der Waals surface area contributed by atoms with Crippen LogP contribution >= 0.6 is 34.4 Å². The predicted octanol–water partition coefficient (Wildman–Crippen LogP) is 1.48. The highest BCUT2D eigenvalue weighted by Gasteiger charge is 2.21. The van der Waals surface area contributed by atoms with Crippen LogP contribution in [0.3, 0.4) is 0 Å². The molecule has 2 aromatic heterocycles. The third-order valence-corrected chi connectivity index (χ3v) is 7.87. The van der Waals surface area contributed by atoms with Crippen molar-refractivity contribution < 1.29 is 17.9 Å². The van der Waals surface area contributed by atoms with E-state index in [0.29, 0.717) is 41.0 Å². The van der Waals surface area contributed by atoms with Crippen molar-refractivity contribution in [1.29, 1.82) is 0 Å². The number of aromatic nitrogens is 4. The topological polar surface area (TPSA) is 134 Å². The average Bonchev–Trinajstić information content (AvgIpc) is 3.06. The first-order valence-corrected chi connectivity index (χ1v) is 12.1. The number of benzene rings is 1. The summed E-state index contributed by atoms with van der Waals surface area (Å²) in [6, 6.07) is 3.80. The van der Waals surface area contributed by atoms with Gasteiger partial charge >= 0.3 is 0 Å². The fraction of sp³-hybridized carbons (Fsp3) is 0.312. The van der Waals surface area contributed by atoms with Crippen molar-refractivity contribution in [1.82, 2.24) is 24.2 Å². The molecule has 3 heterocycles. The van der Waals surface area contributed by atoms with Gasteiger partial charge in [0.2, 0.25) is 10.0 Å². The fourth-order valence-corrected chi connectivity index (χ4v) is 5.09. The van der Waals surface area contributed by atoms with Crippen molar-refractivity contribution in [3.63, 3.8) is 0 Å². The molecular formula is C16H17IN6O4S2. The van der Waals surface area contributed by atoms with Crippen LogP contribution in [0, 0.1) is 3.57 Å². The molecule has 1 aromatic carbocycles. The Morgan fingerprint density at radius 3 is 2.72 bits per heavy atom. The Hall–Kier alpha value is -1.84. The molecule has 13 heteroatoms. The van der Waals surface area contributed by atoms with Gasteiger partial charge in [-0.1, -0.05) is 11.8 Å². The summed E-state index contributed by atoms with van der Waals surface area (Å²) in [5.74, 6) is 1.49. The molecular weight excluding hydrogens is 531 g/mol. The van der Waals surface area contributed by atoms with Gasteiger partial charge in [-0.25, -0.2) is 28.1 Å². The van der Waals surface area contributed by atoms with E-state index in [1.54, 1.807) is 4.57 Å². The molecule has 154 valence electrons. The second kappa shape index (κ2) is 8.12. The molecule has 0 amide bonds. The van der Waals surface area contributed by atoms with E-state index < -0.39 is 10.0 Å². The Bertz CT molecular complexity index is 1180. The van der Waals surface area contributed by atoms with E-state index in [9.17, 15) is 8.42 Å². The van der Waals surface area contributed by atoms with Crippen LogP contribution in [0.15, 0.2) is 28.5 Å². The van der Waals surface area contributed by atoms with Crippen LogP contribution < -0.4 is 19.9 Å². The quantitative estimate of drug-likeness (QED) is 0.440. The monoisotopic (exact) mass is 548 g/mol. The number of imidazole rings is 1. The average molecular weight is 548 g/mol. The first-order valence-electron chi connectivity index (χ1n) is 8.53. The number of nitrogens with one attached hydrogen (secondary N) is 1. The van der Waals surface area contributed by atoms with Gasteiger partial charge in [0.1, 0.15) is 19.5 Å². The molecule has 29 heavy (non-hydrogen) atoms. The number of hydrogen-bond donors (Lipinski definition) is 2. The second-order valence-electron chi connectivity index (χ2n) is 6.03. The van der Waals surface area contributed by atoms with Gasteiger partial charge in [0.15, 0.2) is 33.6 Å². The Balaban J connectivity index is 1.75. The smallest absolute Gasteiger partial charge is 0.213 e. The number of nitrogens with two attached hydrogens (primary N) is 1. The summed E-state index contributed by atoms with van der Waals surface area (Å²) in [4.78, 5) is 13.7. The zero-order valence-electron chi connectivity index (χ0n) is 15.3. The van der Waals surface area contributed by atoms with E-state index in [2.05, 4.69) is 42.3 Å². The number of halogens is 1. The minimum absolute atomic E-state index is 0.120. The van der Waals surface area contributed by atoms with E-state index in [1.165, 1.54) is 25.1 Å². The first-order chi connectivity index (χ1) is 13.9. The van der Waals surface area contributed by atoms with Crippen LogP contribution in [-0.2, 0) is 16.6 Å². The first kappa shape index (κ1) is 20.4. The van der Waals surface area contributed by atoms with Crippen LogP contribution in [0.25, 0.3) is 11.2 Å². The molecule has 0 saturated carbocycles. The molecule has 3 N–H and O–H groups in total. The van der Waals surface area contributed by atoms with Crippen LogP contribution in [0.2, 0.25) is 0 Å². The zero-order chi connectivity index (χ0) is 20.6. The normalized spacial score (nSPS) is 13.7. The summed E-state index contributed by atoms with van der Waals surface area (Å²) in [5.41, 5.74) is 6.88. The molecule has 3 aromatic rings. The fourth-order valence-electron chi connectivity index (χ4n) is 2.75. The van der Waals surface area contributed by atoms with Gasteiger partial charge in [-0.15, -0.1) is 0 Å². The van der Waals surface area contributed by atoms with Crippen molar-refractivity contribution in [3.8, 4) is 11.5 Å². The SMILES string of the molecule is CNS(=O)(=O)CCn1c(Sc2cc3c(cc2I)OCCO3)nc2c(N)ncnc21. The van der Waals surface area contributed by atoms with Crippen molar-refractivity contribution in [3.05, 3.63) is 22.0 Å². The molecule has 0 bridgehead atoms. The number of aryl methyl sites for hydroxylation is 1. The lowest BCUT2D eigenvalue weighted by atomic mass is 10.3. The minimum Gasteiger partial charge on any atom is -0.486 e. The molecule has 0 radical (unpaired) electrons. The van der Waals surface area contributed by atoms with Gasteiger partial charge < -0.3 is 19.8 Å². The van der Waals surface area contributed by atoms with Gasteiger partial charge in [0, 0.05) is 15.0 Å². The largest absolute Gasteiger partial charge is 0.486 e. The lowest BCUT2D eigenvalue weighted by Gasteiger charge is -2.19. The third kappa shape index (κ3) is 4.22. The van der Waals surface area contributed by atoms with Gasteiger partial charge in [-0.05, 0) is 41.8 Å². The standard InChI is InChI=1S/C16H17IN6O4S2/c1-19-29(24,25)5-2-23-15-13(14(18)20-8-21-15)22-16(23)28-12-7-11-10(6-9(12)17)26-3-4-27-11/h6-8,19H,2-5H2,1H3,(H2,18,20,21). The third-order valence-electron chi connectivity index (χ3n) is 4.22. The van der Waals surface area contributed by atoms with E-state index in [0.717, 1.165) is 8.47 Å². The Labute approximate surface area is 184 Å². The number of hydrogen-bond acceptors (Lipinski definition) is 9. The lowest BCUT2D eigenvalue weighted by molar-refractivity contribution is 0.171. The van der Waals surface area contributed by atoms with Gasteiger partial charge in [0.25, 0.3) is 0 Å². The second-order valence-corrected chi connectivity index (χ2v) is 10.2. The highest BCUT2D eigenvalue weighted by molar-refractivity contribution is 14.1.